The summed E-state index contributed by atoms with van der Waals surface area (Å²) in [5.41, 5.74) is -0.667. The van der Waals surface area contributed by atoms with Gasteiger partial charge in [-0.15, -0.1) is 0 Å². The Morgan fingerprint density at radius 3 is 2.00 bits per heavy atom. The Balaban J connectivity index is 4.61. The predicted octanol–water partition coefficient (Wildman–Crippen LogP) is 2.58. The summed E-state index contributed by atoms with van der Waals surface area (Å²) in [4.78, 5) is 13.7. The molecule has 0 aliphatic heterocycles. The maximum atomic E-state index is 11.5. The Labute approximate surface area is 118 Å². The van der Waals surface area contributed by atoms with Gasteiger partial charge in [0.25, 0.3) is 0 Å². The molecule has 0 saturated carbocycles. The van der Waals surface area contributed by atoms with Gasteiger partial charge in [-0.05, 0) is 46.6 Å². The van der Waals surface area contributed by atoms with Crippen molar-refractivity contribution in [3.8, 4) is 0 Å². The summed E-state index contributed by atoms with van der Waals surface area (Å²) in [6.07, 6.45) is 0.595. The zero-order valence-electron chi connectivity index (χ0n) is 13.9. The van der Waals surface area contributed by atoms with Crippen molar-refractivity contribution in [1.82, 2.24) is 10.2 Å². The summed E-state index contributed by atoms with van der Waals surface area (Å²) in [6.45, 7) is 15.3. The van der Waals surface area contributed by atoms with Crippen LogP contribution in [-0.2, 0) is 4.79 Å². The molecule has 0 bridgehead atoms. The first-order chi connectivity index (χ1) is 8.40. The maximum Gasteiger partial charge on any atom is 0.323 e. The van der Waals surface area contributed by atoms with Gasteiger partial charge in [-0.2, -0.15) is 0 Å². The highest BCUT2D eigenvalue weighted by Gasteiger charge is 2.34. The molecule has 2 atom stereocenters. The number of hydrogen-bond acceptors (Lipinski definition) is 3. The predicted molar refractivity (Wildman–Crippen MR) is 80.5 cm³/mol. The van der Waals surface area contributed by atoms with Gasteiger partial charge in [-0.1, -0.05) is 20.8 Å². The van der Waals surface area contributed by atoms with Crippen LogP contribution in [0, 0.1) is 5.41 Å². The quantitative estimate of drug-likeness (QED) is 0.748. The van der Waals surface area contributed by atoms with E-state index in [0.717, 1.165) is 6.54 Å². The summed E-state index contributed by atoms with van der Waals surface area (Å²) in [6, 6.07) is 0.566. The van der Waals surface area contributed by atoms with Gasteiger partial charge >= 0.3 is 5.97 Å². The molecule has 0 aliphatic carbocycles. The fourth-order valence-corrected chi connectivity index (χ4v) is 2.13. The lowest BCUT2D eigenvalue weighted by atomic mass is 9.86. The topological polar surface area (TPSA) is 52.6 Å². The van der Waals surface area contributed by atoms with Crippen LogP contribution in [0.1, 0.15) is 54.9 Å². The van der Waals surface area contributed by atoms with Crippen molar-refractivity contribution in [2.45, 2.75) is 72.5 Å². The van der Waals surface area contributed by atoms with Crippen LogP contribution in [0.15, 0.2) is 0 Å². The van der Waals surface area contributed by atoms with Crippen LogP contribution in [0.3, 0.4) is 0 Å². The van der Waals surface area contributed by atoms with E-state index < -0.39 is 11.5 Å². The van der Waals surface area contributed by atoms with Crippen LogP contribution in [-0.4, -0.2) is 47.2 Å². The van der Waals surface area contributed by atoms with Crippen molar-refractivity contribution in [3.05, 3.63) is 0 Å². The maximum absolute atomic E-state index is 11.5. The fraction of sp³-hybridized carbons (Fsp3) is 0.933. The standard InChI is InChI=1S/C15H32N2O2/c1-11(2)16-15(7,13(18)19)9-10-17(8)12(3)14(4,5)6/h11-12,16H,9-10H2,1-8H3,(H,18,19). The molecule has 4 heteroatoms. The molecule has 0 rings (SSSR count). The van der Waals surface area contributed by atoms with Gasteiger partial charge in [0, 0.05) is 18.6 Å². The fourth-order valence-electron chi connectivity index (χ4n) is 2.13. The number of nitrogens with one attached hydrogen (secondary N) is 1. The van der Waals surface area contributed by atoms with E-state index in [-0.39, 0.29) is 11.5 Å². The molecule has 114 valence electrons. The Bertz CT molecular complexity index is 297. The molecule has 0 aromatic carbocycles. The van der Waals surface area contributed by atoms with Crippen molar-refractivity contribution < 1.29 is 9.90 Å². The highest BCUT2D eigenvalue weighted by Crippen LogP contribution is 2.24. The SMILES string of the molecule is CC(C)NC(C)(CCN(C)C(C)C(C)(C)C)C(=O)O. The molecule has 4 nitrogen and oxygen atoms in total. The van der Waals surface area contributed by atoms with Crippen LogP contribution in [0.2, 0.25) is 0 Å². The number of aliphatic carboxylic acids is 1. The van der Waals surface area contributed by atoms with Crippen molar-refractivity contribution in [1.29, 1.82) is 0 Å². The molecule has 2 N–H and O–H groups in total. The third kappa shape index (κ3) is 5.91. The third-order valence-corrected chi connectivity index (χ3v) is 3.96. The Kier molecular flexibility index (Phi) is 6.49. The minimum absolute atomic E-state index is 0.159. The Morgan fingerprint density at radius 1 is 1.21 bits per heavy atom. The van der Waals surface area contributed by atoms with Crippen LogP contribution in [0.25, 0.3) is 0 Å². The second-order valence-corrected chi connectivity index (χ2v) is 7.21. The van der Waals surface area contributed by atoms with E-state index >= 15 is 0 Å². The van der Waals surface area contributed by atoms with Crippen LogP contribution < -0.4 is 5.32 Å². The number of carboxylic acids is 1. The molecular formula is C15H32N2O2. The van der Waals surface area contributed by atoms with Gasteiger partial charge in [0.05, 0.1) is 0 Å². The molecule has 0 radical (unpaired) electrons. The lowest BCUT2D eigenvalue weighted by Crippen LogP contribution is -2.54. The molecule has 0 aromatic heterocycles. The van der Waals surface area contributed by atoms with Gasteiger partial charge in [0.15, 0.2) is 0 Å². The van der Waals surface area contributed by atoms with Gasteiger partial charge in [-0.25, -0.2) is 0 Å². The highest BCUT2D eigenvalue weighted by atomic mass is 16.4. The Hall–Kier alpha value is -0.610. The van der Waals surface area contributed by atoms with Crippen LogP contribution in [0.5, 0.6) is 0 Å². The first-order valence-corrected chi connectivity index (χ1v) is 7.11. The van der Waals surface area contributed by atoms with Crippen molar-refractivity contribution in [2.75, 3.05) is 13.6 Å². The largest absolute Gasteiger partial charge is 0.480 e. The van der Waals surface area contributed by atoms with Crippen molar-refractivity contribution in [2.24, 2.45) is 5.41 Å². The Morgan fingerprint density at radius 2 is 1.68 bits per heavy atom. The molecule has 19 heavy (non-hydrogen) atoms. The summed E-state index contributed by atoms with van der Waals surface area (Å²) >= 11 is 0. The van der Waals surface area contributed by atoms with Crippen molar-refractivity contribution in [3.63, 3.8) is 0 Å². The highest BCUT2D eigenvalue weighted by molar-refractivity contribution is 5.78. The number of hydrogen-bond donors (Lipinski definition) is 2. The molecule has 0 saturated heterocycles. The normalized spacial score (nSPS) is 17.6. The molecule has 0 fully saturated rings. The second-order valence-electron chi connectivity index (χ2n) is 7.21. The minimum atomic E-state index is -0.861. The van der Waals surface area contributed by atoms with Crippen LogP contribution >= 0.6 is 0 Å². The van der Waals surface area contributed by atoms with E-state index in [9.17, 15) is 9.90 Å². The average Bonchev–Trinajstić information content (AvgIpc) is 2.22. The molecule has 2 unspecified atom stereocenters. The zero-order valence-corrected chi connectivity index (χ0v) is 13.9. The number of carboxylic acid groups (broad SMARTS) is 1. The molecule has 0 aliphatic rings. The first-order valence-electron chi connectivity index (χ1n) is 7.11. The zero-order chi connectivity index (χ0) is 15.4. The monoisotopic (exact) mass is 272 g/mol. The first kappa shape index (κ1) is 18.4. The molecular weight excluding hydrogens is 240 g/mol. The summed E-state index contributed by atoms with van der Waals surface area (Å²) in [5.74, 6) is -0.780. The van der Waals surface area contributed by atoms with E-state index in [1.165, 1.54) is 0 Å². The average molecular weight is 272 g/mol. The number of rotatable bonds is 7. The van der Waals surface area contributed by atoms with Gasteiger partial charge in [0.2, 0.25) is 0 Å². The van der Waals surface area contributed by atoms with Crippen LogP contribution in [0.4, 0.5) is 0 Å². The molecule has 0 amide bonds. The van der Waals surface area contributed by atoms with Gasteiger partial charge in [-0.3, -0.25) is 10.1 Å². The molecule has 0 heterocycles. The summed E-state index contributed by atoms with van der Waals surface area (Å²) < 4.78 is 0. The van der Waals surface area contributed by atoms with E-state index in [4.69, 9.17) is 0 Å². The van der Waals surface area contributed by atoms with E-state index in [1.807, 2.05) is 13.8 Å². The number of carbonyl (C=O) groups is 1. The van der Waals surface area contributed by atoms with E-state index in [1.54, 1.807) is 6.92 Å². The second kappa shape index (κ2) is 6.71. The van der Waals surface area contributed by atoms with Gasteiger partial charge in [0.1, 0.15) is 5.54 Å². The minimum Gasteiger partial charge on any atom is -0.480 e. The lowest BCUT2D eigenvalue weighted by Gasteiger charge is -2.37. The third-order valence-electron chi connectivity index (χ3n) is 3.96. The molecule has 0 aromatic rings. The summed E-state index contributed by atoms with van der Waals surface area (Å²) in [5, 5.41) is 12.6. The van der Waals surface area contributed by atoms with Gasteiger partial charge < -0.3 is 10.0 Å². The smallest absolute Gasteiger partial charge is 0.323 e. The van der Waals surface area contributed by atoms with E-state index in [2.05, 4.69) is 45.0 Å². The number of nitrogens with zero attached hydrogens (tertiary/aromatic N) is 1. The van der Waals surface area contributed by atoms with Crippen molar-refractivity contribution >= 4 is 5.97 Å². The lowest BCUT2D eigenvalue weighted by molar-refractivity contribution is -0.145. The molecule has 0 spiro atoms. The summed E-state index contributed by atoms with van der Waals surface area (Å²) in [7, 11) is 2.06. The van der Waals surface area contributed by atoms with E-state index in [0.29, 0.717) is 12.5 Å².